The summed E-state index contributed by atoms with van der Waals surface area (Å²) >= 11 is 0. The van der Waals surface area contributed by atoms with Gasteiger partial charge in [-0.15, -0.1) is 0 Å². The van der Waals surface area contributed by atoms with E-state index in [1.54, 1.807) is 0 Å². The summed E-state index contributed by atoms with van der Waals surface area (Å²) in [6.45, 7) is 2.76. The molecule has 0 amide bonds. The zero-order valence-corrected chi connectivity index (χ0v) is 9.61. The van der Waals surface area contributed by atoms with E-state index in [1.165, 1.54) is 22.3 Å². The Bertz CT molecular complexity index is 457. The maximum atomic E-state index is 5.74. The minimum Gasteiger partial charge on any atom is -0.326 e. The van der Waals surface area contributed by atoms with Crippen LogP contribution < -0.4 is 5.73 Å². The lowest BCUT2D eigenvalue weighted by Crippen LogP contribution is -1.98. The fourth-order valence-corrected chi connectivity index (χ4v) is 1.90. The first kappa shape index (κ1) is 10.9. The maximum Gasteiger partial charge on any atom is 0.0184 e. The smallest absolute Gasteiger partial charge is 0.0184 e. The van der Waals surface area contributed by atoms with Crippen LogP contribution in [0.5, 0.6) is 0 Å². The Morgan fingerprint density at radius 2 is 1.62 bits per heavy atom. The van der Waals surface area contributed by atoms with Crippen LogP contribution in [0.3, 0.4) is 0 Å². The molecule has 2 aromatic carbocycles. The summed E-state index contributed by atoms with van der Waals surface area (Å²) in [5, 5.41) is 0. The summed E-state index contributed by atoms with van der Waals surface area (Å²) in [5.41, 5.74) is 10.8. The van der Waals surface area contributed by atoms with E-state index in [4.69, 9.17) is 5.73 Å². The van der Waals surface area contributed by atoms with Crippen molar-refractivity contribution < 1.29 is 0 Å². The number of aryl methyl sites for hydroxylation is 1. The molecule has 2 N–H and O–H groups in total. The molecule has 16 heavy (non-hydrogen) atoms. The molecule has 0 radical (unpaired) electrons. The van der Waals surface area contributed by atoms with Crippen LogP contribution >= 0.6 is 0 Å². The van der Waals surface area contributed by atoms with Crippen molar-refractivity contribution in [2.75, 3.05) is 0 Å². The van der Waals surface area contributed by atoms with E-state index in [9.17, 15) is 0 Å². The summed E-state index contributed by atoms with van der Waals surface area (Å²) in [6.07, 6.45) is 1.08. The van der Waals surface area contributed by atoms with Gasteiger partial charge < -0.3 is 5.73 Å². The molecule has 0 bridgehead atoms. The molecule has 2 rings (SSSR count). The summed E-state index contributed by atoms with van der Waals surface area (Å²) in [5.74, 6) is 0. The van der Waals surface area contributed by atoms with Crippen LogP contribution in [0.25, 0.3) is 11.1 Å². The van der Waals surface area contributed by atoms with Crippen molar-refractivity contribution in [3.8, 4) is 11.1 Å². The molecule has 0 heterocycles. The average molecular weight is 211 g/mol. The molecule has 0 saturated carbocycles. The minimum absolute atomic E-state index is 0.589. The zero-order valence-electron chi connectivity index (χ0n) is 9.61. The highest BCUT2D eigenvalue weighted by Crippen LogP contribution is 2.23. The quantitative estimate of drug-likeness (QED) is 0.827. The lowest BCUT2D eigenvalue weighted by Gasteiger charge is -2.08. The molecule has 0 atom stereocenters. The monoisotopic (exact) mass is 211 g/mol. The van der Waals surface area contributed by atoms with Gasteiger partial charge in [0.05, 0.1) is 0 Å². The molecule has 0 aromatic heterocycles. The topological polar surface area (TPSA) is 26.0 Å². The number of hydrogen-bond donors (Lipinski definition) is 1. The van der Waals surface area contributed by atoms with Crippen LogP contribution in [0.2, 0.25) is 0 Å². The molecule has 1 heteroatoms. The average Bonchev–Trinajstić information content (AvgIpc) is 2.39. The van der Waals surface area contributed by atoms with Crippen molar-refractivity contribution in [2.24, 2.45) is 5.73 Å². The van der Waals surface area contributed by atoms with Crippen molar-refractivity contribution in [3.05, 3.63) is 59.7 Å². The van der Waals surface area contributed by atoms with Gasteiger partial charge in [0.1, 0.15) is 0 Å². The molecule has 0 saturated heterocycles. The van der Waals surface area contributed by atoms with E-state index in [-0.39, 0.29) is 0 Å². The van der Waals surface area contributed by atoms with Gasteiger partial charge >= 0.3 is 0 Å². The third kappa shape index (κ3) is 2.15. The summed E-state index contributed by atoms with van der Waals surface area (Å²) < 4.78 is 0. The molecule has 0 fully saturated rings. The van der Waals surface area contributed by atoms with E-state index < -0.39 is 0 Å². The number of nitrogens with two attached hydrogens (primary N) is 1. The van der Waals surface area contributed by atoms with Crippen LogP contribution in [0.4, 0.5) is 0 Å². The molecule has 0 aliphatic heterocycles. The largest absolute Gasteiger partial charge is 0.326 e. The summed E-state index contributed by atoms with van der Waals surface area (Å²) in [4.78, 5) is 0. The van der Waals surface area contributed by atoms with Gasteiger partial charge in [-0.1, -0.05) is 55.5 Å². The predicted molar refractivity (Wildman–Crippen MR) is 69.1 cm³/mol. The molecule has 0 spiro atoms. The highest BCUT2D eigenvalue weighted by atomic mass is 14.5. The first-order valence-corrected chi connectivity index (χ1v) is 5.72. The van der Waals surface area contributed by atoms with Gasteiger partial charge in [-0.2, -0.15) is 0 Å². The number of hydrogen-bond acceptors (Lipinski definition) is 1. The first-order valence-electron chi connectivity index (χ1n) is 5.72. The molecule has 1 nitrogen and oxygen atoms in total. The van der Waals surface area contributed by atoms with E-state index in [2.05, 4.69) is 49.4 Å². The van der Waals surface area contributed by atoms with Crippen molar-refractivity contribution in [1.82, 2.24) is 0 Å². The minimum atomic E-state index is 0.589. The number of rotatable bonds is 3. The highest BCUT2D eigenvalue weighted by Gasteiger charge is 2.02. The zero-order chi connectivity index (χ0) is 11.4. The molecule has 0 aliphatic rings. The Hall–Kier alpha value is -1.60. The molecular formula is C15H17N. The fourth-order valence-electron chi connectivity index (χ4n) is 1.90. The van der Waals surface area contributed by atoms with Crippen molar-refractivity contribution in [3.63, 3.8) is 0 Å². The third-order valence-electron chi connectivity index (χ3n) is 2.91. The van der Waals surface area contributed by atoms with Crippen LogP contribution in [-0.2, 0) is 13.0 Å². The standard InChI is InChI=1S/C15H17N/c1-2-12-7-9-13(10-8-12)15-6-4-3-5-14(15)11-16/h3-10H,2,11,16H2,1H3. The van der Waals surface area contributed by atoms with E-state index in [0.717, 1.165) is 6.42 Å². The molecular weight excluding hydrogens is 194 g/mol. The number of benzene rings is 2. The Morgan fingerprint density at radius 1 is 0.938 bits per heavy atom. The Kier molecular flexibility index (Phi) is 3.37. The van der Waals surface area contributed by atoms with Gasteiger partial charge in [0.15, 0.2) is 0 Å². The second-order valence-electron chi connectivity index (χ2n) is 3.91. The molecule has 2 aromatic rings. The van der Waals surface area contributed by atoms with Gasteiger partial charge in [-0.3, -0.25) is 0 Å². The van der Waals surface area contributed by atoms with Gasteiger partial charge in [0, 0.05) is 6.54 Å². The van der Waals surface area contributed by atoms with Crippen LogP contribution in [0.1, 0.15) is 18.1 Å². The second-order valence-corrected chi connectivity index (χ2v) is 3.91. The third-order valence-corrected chi connectivity index (χ3v) is 2.91. The van der Waals surface area contributed by atoms with E-state index in [1.807, 2.05) is 6.07 Å². The van der Waals surface area contributed by atoms with Crippen LogP contribution in [-0.4, -0.2) is 0 Å². The SMILES string of the molecule is CCc1ccc(-c2ccccc2CN)cc1. The first-order chi connectivity index (χ1) is 7.85. The summed E-state index contributed by atoms with van der Waals surface area (Å²) in [6, 6.07) is 17.0. The molecule has 0 unspecified atom stereocenters. The molecule has 0 aliphatic carbocycles. The highest BCUT2D eigenvalue weighted by molar-refractivity contribution is 5.67. The molecule has 82 valence electrons. The second kappa shape index (κ2) is 4.95. The predicted octanol–water partition coefficient (Wildman–Crippen LogP) is 3.37. The Balaban J connectivity index is 2.42. The lowest BCUT2D eigenvalue weighted by molar-refractivity contribution is 1.07. The summed E-state index contributed by atoms with van der Waals surface area (Å²) in [7, 11) is 0. The van der Waals surface area contributed by atoms with Gasteiger partial charge in [0.2, 0.25) is 0 Å². The van der Waals surface area contributed by atoms with Crippen molar-refractivity contribution in [1.29, 1.82) is 0 Å². The van der Waals surface area contributed by atoms with Crippen LogP contribution in [0.15, 0.2) is 48.5 Å². The van der Waals surface area contributed by atoms with E-state index in [0.29, 0.717) is 6.54 Å². The fraction of sp³-hybridized carbons (Fsp3) is 0.200. The lowest BCUT2D eigenvalue weighted by atomic mass is 9.98. The normalized spacial score (nSPS) is 10.4. The van der Waals surface area contributed by atoms with Crippen LogP contribution in [0, 0.1) is 0 Å². The Morgan fingerprint density at radius 3 is 2.25 bits per heavy atom. The maximum absolute atomic E-state index is 5.74. The van der Waals surface area contributed by atoms with Gasteiger partial charge in [0.25, 0.3) is 0 Å². The Labute approximate surface area is 96.9 Å². The van der Waals surface area contributed by atoms with Crippen molar-refractivity contribution in [2.45, 2.75) is 19.9 Å². The van der Waals surface area contributed by atoms with Crippen molar-refractivity contribution >= 4 is 0 Å². The van der Waals surface area contributed by atoms with E-state index >= 15 is 0 Å². The van der Waals surface area contributed by atoms with Gasteiger partial charge in [-0.25, -0.2) is 0 Å². The van der Waals surface area contributed by atoms with Gasteiger partial charge in [-0.05, 0) is 28.7 Å².